The molecule has 2 aromatic heterocycles. The zero-order valence-corrected chi connectivity index (χ0v) is 30.3. The molecule has 1 aliphatic carbocycles. The molecule has 0 spiro atoms. The van der Waals surface area contributed by atoms with Gasteiger partial charge in [0.1, 0.15) is 29.2 Å². The van der Waals surface area contributed by atoms with Crippen LogP contribution in [0.5, 0.6) is 11.5 Å². The molecule has 1 aliphatic rings. The second-order valence-corrected chi connectivity index (χ2v) is 12.6. The highest BCUT2D eigenvalue weighted by Crippen LogP contribution is 2.28. The lowest BCUT2D eigenvalue weighted by molar-refractivity contribution is -0.158. The summed E-state index contributed by atoms with van der Waals surface area (Å²) >= 11 is 2.25. The number of methoxy groups -OCH3 is 2. The molecule has 0 amide bonds. The Bertz CT molecular complexity index is 1570. The van der Waals surface area contributed by atoms with E-state index in [2.05, 4.69) is 32.6 Å². The lowest BCUT2D eigenvalue weighted by Gasteiger charge is -2.30. The second-order valence-electron chi connectivity index (χ2n) is 11.9. The van der Waals surface area contributed by atoms with Crippen LogP contribution in [-0.2, 0) is 30.0 Å². The van der Waals surface area contributed by atoms with Crippen LogP contribution in [0.1, 0.15) is 56.7 Å². The van der Waals surface area contributed by atoms with E-state index in [1.54, 1.807) is 20.5 Å². The molecule has 1 unspecified atom stereocenters. The summed E-state index contributed by atoms with van der Waals surface area (Å²) < 4.78 is 40.0. The molecular weight excluding hydrogens is 731 g/mol. The molecule has 3 atom stereocenters. The SMILES string of the molecule is COc1cccc(-c2nc(CI)co2)c1.COc1cccc(-c2nc(CO[C@H]3CCC[C@@H](OCC(OCC(C)C)C(=O)O)C3)c(C)o2)c1. The average Bonchev–Trinajstić information content (AvgIpc) is 3.74. The van der Waals surface area contributed by atoms with Crippen molar-refractivity contribution >= 4 is 28.6 Å². The van der Waals surface area contributed by atoms with Gasteiger partial charge in [0.05, 0.1) is 51.9 Å². The van der Waals surface area contributed by atoms with Gasteiger partial charge in [-0.15, -0.1) is 0 Å². The fraction of sp³-hybridized carbons (Fsp3) is 0.472. The van der Waals surface area contributed by atoms with Gasteiger partial charge in [-0.05, 0) is 74.9 Å². The first-order chi connectivity index (χ1) is 23.2. The summed E-state index contributed by atoms with van der Waals surface area (Å²) in [6, 6.07) is 15.3. The number of benzene rings is 2. The molecular formula is C36H45IN2O9. The van der Waals surface area contributed by atoms with Gasteiger partial charge in [-0.2, -0.15) is 0 Å². The van der Waals surface area contributed by atoms with E-state index in [-0.39, 0.29) is 24.7 Å². The summed E-state index contributed by atoms with van der Waals surface area (Å²) in [4.78, 5) is 20.4. The smallest absolute Gasteiger partial charge is 0.335 e. The van der Waals surface area contributed by atoms with Crippen molar-refractivity contribution < 1.29 is 42.4 Å². The highest BCUT2D eigenvalue weighted by Gasteiger charge is 2.27. The number of aromatic nitrogens is 2. The minimum atomic E-state index is -0.993. The molecule has 48 heavy (non-hydrogen) atoms. The predicted molar refractivity (Wildman–Crippen MR) is 188 cm³/mol. The van der Waals surface area contributed by atoms with Crippen LogP contribution >= 0.6 is 22.6 Å². The molecule has 2 heterocycles. The maximum absolute atomic E-state index is 11.4. The van der Waals surface area contributed by atoms with E-state index in [0.717, 1.165) is 69.9 Å². The standard InChI is InChI=1S/C25H35NO7.C11H10INO2/c1-16(2)13-32-23(25(27)28)15-31-21-10-6-9-20(12-21)30-14-22-17(3)33-24(26-22)18-7-5-8-19(11-18)29-4;1-14-10-4-2-3-8(5-10)11-13-9(6-12)7-15-11/h5,7-8,11,16,20-21,23H,6,9-10,12-15H2,1-4H3,(H,27,28);2-5,7H,6H2,1H3/t20-,21+,23?;/m0./s1. The number of carboxylic acids is 1. The number of oxazole rings is 2. The third-order valence-electron chi connectivity index (χ3n) is 7.64. The van der Waals surface area contributed by atoms with Crippen LogP contribution in [0.25, 0.3) is 22.9 Å². The number of hydrogen-bond acceptors (Lipinski definition) is 10. The van der Waals surface area contributed by atoms with E-state index >= 15 is 0 Å². The van der Waals surface area contributed by atoms with Crippen molar-refractivity contribution in [1.29, 1.82) is 0 Å². The maximum Gasteiger partial charge on any atom is 0.335 e. The van der Waals surface area contributed by atoms with Crippen LogP contribution in [0.4, 0.5) is 0 Å². The number of alkyl halides is 1. The Labute approximate surface area is 295 Å². The van der Waals surface area contributed by atoms with Crippen molar-refractivity contribution in [3.8, 4) is 34.4 Å². The number of carboxylic acid groups (broad SMARTS) is 1. The van der Waals surface area contributed by atoms with E-state index in [9.17, 15) is 9.90 Å². The lowest BCUT2D eigenvalue weighted by Crippen LogP contribution is -2.35. The van der Waals surface area contributed by atoms with Crippen LogP contribution < -0.4 is 9.47 Å². The number of rotatable bonds is 15. The number of carbonyl (C=O) groups is 1. The van der Waals surface area contributed by atoms with Crippen molar-refractivity contribution in [2.75, 3.05) is 27.4 Å². The van der Waals surface area contributed by atoms with E-state index in [1.807, 2.05) is 69.3 Å². The molecule has 0 aliphatic heterocycles. The number of halogens is 1. The van der Waals surface area contributed by atoms with Gasteiger partial charge >= 0.3 is 5.97 Å². The van der Waals surface area contributed by atoms with Gasteiger partial charge in [0.15, 0.2) is 6.10 Å². The zero-order valence-electron chi connectivity index (χ0n) is 28.1. The zero-order chi connectivity index (χ0) is 34.5. The number of aliphatic carboxylic acids is 1. The van der Waals surface area contributed by atoms with Gasteiger partial charge in [-0.1, -0.05) is 48.6 Å². The van der Waals surface area contributed by atoms with Crippen LogP contribution in [0, 0.1) is 12.8 Å². The van der Waals surface area contributed by atoms with Crippen LogP contribution in [0.15, 0.2) is 63.6 Å². The first-order valence-electron chi connectivity index (χ1n) is 16.0. The Morgan fingerprint density at radius 3 is 2.19 bits per heavy atom. The fourth-order valence-electron chi connectivity index (χ4n) is 5.02. The summed E-state index contributed by atoms with van der Waals surface area (Å²) in [6.07, 6.45) is 4.23. The van der Waals surface area contributed by atoms with Crippen molar-refractivity contribution in [3.63, 3.8) is 0 Å². The third-order valence-corrected chi connectivity index (χ3v) is 8.42. The number of aryl methyl sites for hydroxylation is 1. The quantitative estimate of drug-likeness (QED) is 0.0932. The molecule has 0 saturated heterocycles. The number of nitrogens with zero attached hydrogens (tertiary/aromatic N) is 2. The molecule has 0 bridgehead atoms. The summed E-state index contributed by atoms with van der Waals surface area (Å²) in [5.74, 6) is 2.73. The van der Waals surface area contributed by atoms with E-state index in [0.29, 0.717) is 25.0 Å². The van der Waals surface area contributed by atoms with Crippen molar-refractivity contribution in [2.24, 2.45) is 5.92 Å². The summed E-state index contributed by atoms with van der Waals surface area (Å²) in [5, 5.41) is 9.36. The van der Waals surface area contributed by atoms with E-state index in [1.165, 1.54) is 0 Å². The molecule has 0 radical (unpaired) electrons. The average molecular weight is 777 g/mol. The Morgan fingerprint density at radius 1 is 0.958 bits per heavy atom. The fourth-order valence-corrected chi connectivity index (χ4v) is 5.37. The Balaban J connectivity index is 0.000000287. The Kier molecular flexibility index (Phi) is 14.7. The number of ether oxygens (including phenoxy) is 5. The van der Waals surface area contributed by atoms with Gasteiger partial charge < -0.3 is 37.6 Å². The minimum absolute atomic E-state index is 0.0278. The predicted octanol–water partition coefficient (Wildman–Crippen LogP) is 7.91. The first kappa shape index (κ1) is 37.4. The van der Waals surface area contributed by atoms with Crippen molar-refractivity contribution in [2.45, 2.75) is 75.8 Å². The molecule has 5 rings (SSSR count). The molecule has 2 aromatic carbocycles. The maximum atomic E-state index is 11.4. The lowest BCUT2D eigenvalue weighted by atomic mass is 9.95. The summed E-state index contributed by atoms with van der Waals surface area (Å²) in [7, 11) is 3.27. The van der Waals surface area contributed by atoms with Gasteiger partial charge in [-0.25, -0.2) is 14.8 Å². The van der Waals surface area contributed by atoms with Crippen LogP contribution in [0.2, 0.25) is 0 Å². The van der Waals surface area contributed by atoms with Crippen LogP contribution in [-0.4, -0.2) is 66.8 Å². The monoisotopic (exact) mass is 776 g/mol. The first-order valence-corrected chi connectivity index (χ1v) is 17.5. The molecule has 1 saturated carbocycles. The summed E-state index contributed by atoms with van der Waals surface area (Å²) in [5.41, 5.74) is 3.50. The van der Waals surface area contributed by atoms with Crippen LogP contribution in [0.3, 0.4) is 0 Å². The van der Waals surface area contributed by atoms with E-state index in [4.69, 9.17) is 32.5 Å². The van der Waals surface area contributed by atoms with Crippen molar-refractivity contribution in [3.05, 3.63) is 71.9 Å². The highest BCUT2D eigenvalue weighted by molar-refractivity contribution is 14.1. The molecule has 1 N–H and O–H groups in total. The highest BCUT2D eigenvalue weighted by atomic mass is 127. The second kappa shape index (κ2) is 18.9. The molecule has 260 valence electrons. The molecule has 1 fully saturated rings. The molecule has 12 heteroatoms. The van der Waals surface area contributed by atoms with Gasteiger partial charge in [0.25, 0.3) is 0 Å². The Hall–Kier alpha value is -3.46. The van der Waals surface area contributed by atoms with Crippen molar-refractivity contribution in [1.82, 2.24) is 9.97 Å². The third kappa shape index (κ3) is 11.3. The van der Waals surface area contributed by atoms with Gasteiger partial charge in [0.2, 0.25) is 11.8 Å². The normalized spacial score (nSPS) is 16.6. The minimum Gasteiger partial charge on any atom is -0.497 e. The van der Waals surface area contributed by atoms with E-state index < -0.39 is 12.1 Å². The van der Waals surface area contributed by atoms with Gasteiger partial charge in [-0.3, -0.25) is 0 Å². The summed E-state index contributed by atoms with van der Waals surface area (Å²) in [6.45, 7) is 6.65. The molecule has 4 aromatic rings. The molecule has 11 nitrogen and oxygen atoms in total. The number of hydrogen-bond donors (Lipinski definition) is 1. The van der Waals surface area contributed by atoms with Gasteiger partial charge in [0, 0.05) is 15.6 Å². The topological polar surface area (TPSA) is 136 Å². The largest absolute Gasteiger partial charge is 0.497 e. The Morgan fingerprint density at radius 2 is 1.60 bits per heavy atom.